The highest BCUT2D eigenvalue weighted by molar-refractivity contribution is 8.17. The maximum Gasteiger partial charge on any atom is 0.127 e. The molecule has 5 heteroatoms. The highest BCUT2D eigenvalue weighted by Crippen LogP contribution is 2.41. The number of benzene rings is 2. The molecular weight excluding hydrogens is 428 g/mol. The lowest BCUT2D eigenvalue weighted by molar-refractivity contribution is 0.289. The van der Waals surface area contributed by atoms with Crippen molar-refractivity contribution in [3.05, 3.63) is 57.8 Å². The molecule has 0 aliphatic rings. The fraction of sp³-hybridized carbons (Fsp3) is 0.440. The van der Waals surface area contributed by atoms with Crippen molar-refractivity contribution in [3.8, 4) is 11.5 Å². The van der Waals surface area contributed by atoms with E-state index in [4.69, 9.17) is 34.7 Å². The third kappa shape index (κ3) is 7.21. The molecule has 0 aliphatic heterocycles. The van der Waals surface area contributed by atoms with E-state index in [0.29, 0.717) is 18.4 Å². The first-order valence-corrected chi connectivity index (χ1v) is 12.3. The zero-order chi connectivity index (χ0) is 22.1. The summed E-state index contributed by atoms with van der Waals surface area (Å²) in [5.74, 6) is 2.85. The van der Waals surface area contributed by atoms with Gasteiger partial charge < -0.3 is 9.47 Å². The van der Waals surface area contributed by atoms with Gasteiger partial charge in [-0.3, -0.25) is 0 Å². The van der Waals surface area contributed by atoms with Crippen LogP contribution in [-0.4, -0.2) is 13.7 Å². The molecule has 30 heavy (non-hydrogen) atoms. The minimum atomic E-state index is 0.534. The van der Waals surface area contributed by atoms with E-state index in [1.54, 1.807) is 18.9 Å². The fourth-order valence-electron chi connectivity index (χ4n) is 3.20. The van der Waals surface area contributed by atoms with E-state index in [9.17, 15) is 0 Å². The lowest BCUT2D eigenvalue weighted by atomic mass is 9.92. The van der Waals surface area contributed by atoms with E-state index in [1.807, 2.05) is 24.3 Å². The Morgan fingerprint density at radius 3 is 2.23 bits per heavy atom. The zero-order valence-electron chi connectivity index (χ0n) is 18.6. The molecule has 0 saturated carbocycles. The number of hydrogen-bond donors (Lipinski definition) is 2. The lowest BCUT2D eigenvalue weighted by Crippen LogP contribution is -2.04. The molecule has 0 radical (unpaired) electrons. The summed E-state index contributed by atoms with van der Waals surface area (Å²) in [6.45, 7) is 9.59. The number of thiol groups is 2. The van der Waals surface area contributed by atoms with Gasteiger partial charge in [0.05, 0.1) is 18.0 Å². The molecule has 0 N–H and O–H groups in total. The van der Waals surface area contributed by atoms with Crippen LogP contribution in [0.4, 0.5) is 0 Å². The normalized spacial score (nSPS) is 12.3. The molecule has 164 valence electrons. The Bertz CT molecular complexity index is 825. The summed E-state index contributed by atoms with van der Waals surface area (Å²) < 4.78 is 12.3. The Balaban J connectivity index is 2.36. The topological polar surface area (TPSA) is 18.5 Å². The molecule has 0 amide bonds. The molecule has 2 rings (SSSR count). The molecule has 0 saturated heterocycles. The third-order valence-electron chi connectivity index (χ3n) is 5.15. The van der Waals surface area contributed by atoms with Gasteiger partial charge in [0.2, 0.25) is 0 Å². The number of ether oxygens (including phenoxy) is 2. The predicted octanol–water partition coefficient (Wildman–Crippen LogP) is 8.30. The van der Waals surface area contributed by atoms with Crippen LogP contribution in [0.2, 0.25) is 0 Å². The van der Waals surface area contributed by atoms with Gasteiger partial charge in [0.1, 0.15) is 11.5 Å². The molecule has 0 atom stereocenters. The van der Waals surface area contributed by atoms with Crippen molar-refractivity contribution in [2.24, 2.45) is 5.92 Å². The molecule has 2 aromatic carbocycles. The van der Waals surface area contributed by atoms with Gasteiger partial charge in [0.15, 0.2) is 0 Å². The van der Waals surface area contributed by atoms with Crippen molar-refractivity contribution in [1.29, 1.82) is 0 Å². The minimum absolute atomic E-state index is 0.534. The van der Waals surface area contributed by atoms with Gasteiger partial charge in [-0.1, -0.05) is 45.5 Å². The van der Waals surface area contributed by atoms with Crippen LogP contribution in [0, 0.1) is 5.92 Å². The standard InChI is InChI=1S/C25H34O2S3/c1-6-18(7-2)19-8-13-23(27-15-14-17(3)4)22(16-19)24(28)25(29)30-21-11-9-20(26-5)10-12-21/h8-13,16-18,28-29H,6-7,14-15H2,1-5H3/b25-24+. The highest BCUT2D eigenvalue weighted by atomic mass is 32.2. The molecule has 0 unspecified atom stereocenters. The first-order chi connectivity index (χ1) is 14.4. The maximum absolute atomic E-state index is 6.16. The summed E-state index contributed by atoms with van der Waals surface area (Å²) in [5, 5.41) is 0. The minimum Gasteiger partial charge on any atom is -0.497 e. The van der Waals surface area contributed by atoms with Crippen LogP contribution in [0.15, 0.2) is 51.6 Å². The Morgan fingerprint density at radius 2 is 1.67 bits per heavy atom. The van der Waals surface area contributed by atoms with Crippen molar-refractivity contribution in [3.63, 3.8) is 0 Å². The monoisotopic (exact) mass is 462 g/mol. The average Bonchev–Trinajstić information content (AvgIpc) is 2.75. The van der Waals surface area contributed by atoms with Crippen molar-refractivity contribution < 1.29 is 9.47 Å². The molecule has 0 bridgehead atoms. The molecule has 0 heterocycles. The number of methoxy groups -OCH3 is 1. The van der Waals surface area contributed by atoms with E-state index < -0.39 is 0 Å². The number of hydrogen-bond acceptors (Lipinski definition) is 5. The van der Waals surface area contributed by atoms with Crippen LogP contribution in [-0.2, 0) is 0 Å². The smallest absolute Gasteiger partial charge is 0.127 e. The summed E-state index contributed by atoms with van der Waals surface area (Å²) in [4.78, 5) is 1.93. The van der Waals surface area contributed by atoms with Crippen molar-refractivity contribution in [2.45, 2.75) is 57.8 Å². The molecule has 0 aromatic heterocycles. The summed E-state index contributed by atoms with van der Waals surface area (Å²) >= 11 is 11.2. The van der Waals surface area contributed by atoms with Crippen LogP contribution >= 0.6 is 37.0 Å². The Labute approximate surface area is 197 Å². The van der Waals surface area contributed by atoms with Crippen molar-refractivity contribution in [2.75, 3.05) is 13.7 Å². The Morgan fingerprint density at radius 1 is 1.00 bits per heavy atom. The van der Waals surface area contributed by atoms with Gasteiger partial charge >= 0.3 is 0 Å². The van der Waals surface area contributed by atoms with Crippen LogP contribution < -0.4 is 9.47 Å². The van der Waals surface area contributed by atoms with E-state index >= 15 is 0 Å². The Hall–Kier alpha value is -1.17. The van der Waals surface area contributed by atoms with E-state index in [-0.39, 0.29) is 0 Å². The molecule has 0 spiro atoms. The SMILES string of the molecule is CCC(CC)c1ccc(OCCC(C)C)c(/C(S)=C(/S)Sc2ccc(OC)cc2)c1. The van der Waals surface area contributed by atoms with Crippen molar-refractivity contribution in [1.82, 2.24) is 0 Å². The maximum atomic E-state index is 6.16. The van der Waals surface area contributed by atoms with Gasteiger partial charge in [-0.15, -0.1) is 25.3 Å². The fourth-order valence-corrected chi connectivity index (χ4v) is 4.65. The van der Waals surface area contributed by atoms with Gasteiger partial charge in [-0.25, -0.2) is 0 Å². The molecule has 2 aromatic rings. The van der Waals surface area contributed by atoms with Gasteiger partial charge in [0, 0.05) is 15.4 Å². The molecule has 0 fully saturated rings. The predicted molar refractivity (Wildman–Crippen MR) is 138 cm³/mol. The molecular formula is C25H34O2S3. The van der Waals surface area contributed by atoms with Gasteiger partial charge in [-0.05, 0) is 73.1 Å². The summed E-state index contributed by atoms with van der Waals surface area (Å²) in [6, 6.07) is 14.5. The molecule has 0 aliphatic carbocycles. The second kappa shape index (κ2) is 12.6. The number of rotatable bonds is 11. The van der Waals surface area contributed by atoms with Crippen LogP contribution in [0.1, 0.15) is 64.0 Å². The third-order valence-corrected chi connectivity index (χ3v) is 7.34. The van der Waals surface area contributed by atoms with Crippen LogP contribution in [0.5, 0.6) is 11.5 Å². The summed E-state index contributed by atoms with van der Waals surface area (Å²) in [7, 11) is 1.67. The van der Waals surface area contributed by atoms with Gasteiger partial charge in [-0.2, -0.15) is 0 Å². The Kier molecular flexibility index (Phi) is 10.6. The largest absolute Gasteiger partial charge is 0.497 e. The van der Waals surface area contributed by atoms with E-state index in [1.165, 1.54) is 5.56 Å². The quantitative estimate of drug-likeness (QED) is 0.258. The first kappa shape index (κ1) is 25.1. The van der Waals surface area contributed by atoms with Gasteiger partial charge in [0.25, 0.3) is 0 Å². The lowest BCUT2D eigenvalue weighted by Gasteiger charge is -2.19. The second-order valence-electron chi connectivity index (χ2n) is 7.73. The second-order valence-corrected chi connectivity index (χ2v) is 10.0. The van der Waals surface area contributed by atoms with E-state index in [0.717, 1.165) is 50.4 Å². The zero-order valence-corrected chi connectivity index (χ0v) is 21.2. The van der Waals surface area contributed by atoms with E-state index in [2.05, 4.69) is 45.9 Å². The van der Waals surface area contributed by atoms with Crippen molar-refractivity contribution >= 4 is 41.9 Å². The van der Waals surface area contributed by atoms with Crippen LogP contribution in [0.25, 0.3) is 4.91 Å². The average molecular weight is 463 g/mol. The summed E-state index contributed by atoms with van der Waals surface area (Å²) in [6.07, 6.45) is 3.25. The summed E-state index contributed by atoms with van der Waals surface area (Å²) in [5.41, 5.74) is 2.34. The first-order valence-electron chi connectivity index (χ1n) is 10.6. The molecule has 2 nitrogen and oxygen atoms in total. The number of thioether (sulfide) groups is 1. The van der Waals surface area contributed by atoms with Crippen LogP contribution in [0.3, 0.4) is 0 Å². The highest BCUT2D eigenvalue weighted by Gasteiger charge is 2.15.